The number of rotatable bonds is 33. The Hall–Kier alpha value is -0.790. The van der Waals surface area contributed by atoms with Gasteiger partial charge >= 0.3 is 5.97 Å². The van der Waals surface area contributed by atoms with Crippen molar-refractivity contribution < 1.29 is 9.90 Å². The average molecular weight is 563 g/mol. The maximum atomic E-state index is 11.6. The maximum Gasteiger partial charge on any atom is 0.331 e. The van der Waals surface area contributed by atoms with Crippen molar-refractivity contribution in [1.82, 2.24) is 0 Å². The maximum absolute atomic E-state index is 11.6. The van der Waals surface area contributed by atoms with Crippen molar-refractivity contribution in [2.24, 2.45) is 0 Å². The Kier molecular flexibility index (Phi) is 32.1. The Bertz CT molecular complexity index is 550. The van der Waals surface area contributed by atoms with Gasteiger partial charge in [-0.1, -0.05) is 199 Å². The lowest BCUT2D eigenvalue weighted by atomic mass is 9.95. The zero-order valence-electron chi connectivity index (χ0n) is 28.0. The van der Waals surface area contributed by atoms with Gasteiger partial charge in [0.1, 0.15) is 0 Å². The Balaban J connectivity index is 3.65. The highest BCUT2D eigenvalue weighted by Crippen LogP contribution is 2.22. The molecule has 0 aliphatic rings. The second kappa shape index (κ2) is 32.7. The van der Waals surface area contributed by atoms with Crippen LogP contribution in [0, 0.1) is 0 Å². The largest absolute Gasteiger partial charge is 0.478 e. The van der Waals surface area contributed by atoms with Crippen LogP contribution in [-0.4, -0.2) is 11.1 Å². The Morgan fingerprint density at radius 1 is 0.375 bits per heavy atom. The summed E-state index contributed by atoms with van der Waals surface area (Å²) >= 11 is 0. The normalized spacial score (nSPS) is 12.2. The molecule has 0 fully saturated rings. The number of hydrogen-bond donors (Lipinski definition) is 1. The van der Waals surface area contributed by atoms with E-state index in [1.165, 1.54) is 185 Å². The van der Waals surface area contributed by atoms with Gasteiger partial charge in [-0.25, -0.2) is 4.79 Å². The first-order valence-electron chi connectivity index (χ1n) is 18.5. The summed E-state index contributed by atoms with van der Waals surface area (Å²) in [5.74, 6) is -0.711. The number of unbranched alkanes of at least 4 members (excludes halogenated alkanes) is 28. The van der Waals surface area contributed by atoms with Crippen molar-refractivity contribution in [2.75, 3.05) is 0 Å². The minimum absolute atomic E-state index is 0.621. The molecule has 0 saturated carbocycles. The van der Waals surface area contributed by atoms with Gasteiger partial charge in [-0.05, 0) is 32.6 Å². The summed E-state index contributed by atoms with van der Waals surface area (Å²) in [6, 6.07) is 0. The molecule has 2 nitrogen and oxygen atoms in total. The lowest BCUT2D eigenvalue weighted by Gasteiger charge is -2.11. The van der Waals surface area contributed by atoms with E-state index in [1.54, 1.807) is 0 Å². The highest BCUT2D eigenvalue weighted by molar-refractivity contribution is 5.86. The van der Waals surface area contributed by atoms with Crippen LogP contribution in [0.5, 0.6) is 0 Å². The molecule has 0 spiro atoms. The minimum Gasteiger partial charge on any atom is -0.478 e. The highest BCUT2D eigenvalue weighted by Gasteiger charge is 2.09. The molecule has 0 rings (SSSR count). The Morgan fingerprint density at radius 2 is 0.575 bits per heavy atom. The monoisotopic (exact) mass is 563 g/mol. The van der Waals surface area contributed by atoms with Crippen molar-refractivity contribution in [3.8, 4) is 0 Å². The smallest absolute Gasteiger partial charge is 0.331 e. The van der Waals surface area contributed by atoms with Crippen LogP contribution >= 0.6 is 0 Å². The third kappa shape index (κ3) is 28.7. The highest BCUT2D eigenvalue weighted by atomic mass is 16.4. The summed E-state index contributed by atoms with van der Waals surface area (Å²) in [6.45, 7) is 6.40. The second-order valence-electron chi connectivity index (χ2n) is 12.9. The Labute approximate surface area is 253 Å². The molecular formula is C38H74O2. The summed E-state index contributed by atoms with van der Waals surface area (Å²) in [5.41, 5.74) is 1.84. The molecule has 1 N–H and O–H groups in total. The van der Waals surface area contributed by atoms with E-state index in [1.807, 2.05) is 6.92 Å². The molecule has 0 aromatic rings. The van der Waals surface area contributed by atoms with Crippen LogP contribution in [0.25, 0.3) is 0 Å². The molecule has 2 heteroatoms. The third-order valence-electron chi connectivity index (χ3n) is 9.02. The van der Waals surface area contributed by atoms with Crippen LogP contribution in [0.1, 0.15) is 226 Å². The van der Waals surface area contributed by atoms with Gasteiger partial charge in [0.15, 0.2) is 0 Å². The molecule has 0 saturated heterocycles. The van der Waals surface area contributed by atoms with E-state index in [9.17, 15) is 9.90 Å². The summed E-state index contributed by atoms with van der Waals surface area (Å²) in [6.07, 6.45) is 43.3. The van der Waals surface area contributed by atoms with Crippen LogP contribution in [0.15, 0.2) is 11.1 Å². The van der Waals surface area contributed by atoms with Gasteiger partial charge < -0.3 is 5.11 Å². The fraction of sp³-hybridized carbons (Fsp3) is 0.921. The first-order chi connectivity index (χ1) is 19.6. The van der Waals surface area contributed by atoms with Crippen LogP contribution < -0.4 is 0 Å². The van der Waals surface area contributed by atoms with E-state index >= 15 is 0 Å². The number of allylic oxidation sites excluding steroid dienone is 1. The fourth-order valence-electron chi connectivity index (χ4n) is 6.07. The molecular weight excluding hydrogens is 488 g/mol. The average Bonchev–Trinajstić information content (AvgIpc) is 2.95. The molecule has 0 atom stereocenters. The van der Waals surface area contributed by atoms with Crippen molar-refractivity contribution >= 4 is 5.97 Å². The minimum atomic E-state index is -0.711. The number of hydrogen-bond acceptors (Lipinski definition) is 1. The van der Waals surface area contributed by atoms with E-state index < -0.39 is 5.97 Å². The zero-order chi connectivity index (χ0) is 29.4. The van der Waals surface area contributed by atoms with Crippen LogP contribution in [0.3, 0.4) is 0 Å². The molecule has 0 bridgehead atoms. The summed E-state index contributed by atoms with van der Waals surface area (Å²) in [7, 11) is 0. The van der Waals surface area contributed by atoms with E-state index in [-0.39, 0.29) is 0 Å². The van der Waals surface area contributed by atoms with Crippen molar-refractivity contribution in [1.29, 1.82) is 0 Å². The van der Waals surface area contributed by atoms with Crippen LogP contribution in [-0.2, 0) is 4.79 Å². The number of aliphatic carboxylic acids is 1. The lowest BCUT2D eigenvalue weighted by Crippen LogP contribution is -2.02. The van der Waals surface area contributed by atoms with Crippen molar-refractivity contribution in [3.63, 3.8) is 0 Å². The van der Waals surface area contributed by atoms with Gasteiger partial charge in [-0.3, -0.25) is 0 Å². The van der Waals surface area contributed by atoms with E-state index in [0.717, 1.165) is 25.7 Å². The van der Waals surface area contributed by atoms with Gasteiger partial charge in [0, 0.05) is 5.57 Å². The molecule has 0 aliphatic carbocycles. The molecule has 0 amide bonds. The SMILES string of the molecule is CCCCCCCCCCCCCCCCCC/C(CCCCCCCCCCCCCCCC)=C(/C)C(=O)O. The predicted octanol–water partition coefficient (Wildman–Crippen LogP) is 13.9. The molecule has 0 aliphatic heterocycles. The number of carbonyl (C=O) groups is 1. The van der Waals surface area contributed by atoms with Crippen LogP contribution in [0.2, 0.25) is 0 Å². The van der Waals surface area contributed by atoms with E-state index in [2.05, 4.69) is 13.8 Å². The zero-order valence-corrected chi connectivity index (χ0v) is 28.0. The lowest BCUT2D eigenvalue weighted by molar-refractivity contribution is -0.132. The predicted molar refractivity (Wildman–Crippen MR) is 179 cm³/mol. The fourth-order valence-corrected chi connectivity index (χ4v) is 6.07. The van der Waals surface area contributed by atoms with Crippen molar-refractivity contribution in [3.05, 3.63) is 11.1 Å². The first-order valence-corrected chi connectivity index (χ1v) is 18.5. The van der Waals surface area contributed by atoms with Gasteiger partial charge in [-0.2, -0.15) is 0 Å². The van der Waals surface area contributed by atoms with Gasteiger partial charge in [0.2, 0.25) is 0 Å². The number of carboxylic acid groups (broad SMARTS) is 1. The van der Waals surface area contributed by atoms with E-state index in [0.29, 0.717) is 5.57 Å². The Morgan fingerprint density at radius 3 is 0.775 bits per heavy atom. The van der Waals surface area contributed by atoms with E-state index in [4.69, 9.17) is 0 Å². The molecule has 0 radical (unpaired) electrons. The summed E-state index contributed by atoms with van der Waals surface area (Å²) in [4.78, 5) is 11.6. The molecule has 0 heterocycles. The van der Waals surface area contributed by atoms with Gasteiger partial charge in [0.05, 0.1) is 0 Å². The van der Waals surface area contributed by atoms with Gasteiger partial charge in [0.25, 0.3) is 0 Å². The second-order valence-corrected chi connectivity index (χ2v) is 12.9. The first kappa shape index (κ1) is 39.2. The van der Waals surface area contributed by atoms with Crippen LogP contribution in [0.4, 0.5) is 0 Å². The molecule has 0 unspecified atom stereocenters. The summed E-state index contributed by atoms with van der Waals surface area (Å²) in [5, 5.41) is 9.54. The third-order valence-corrected chi connectivity index (χ3v) is 9.02. The standard InChI is InChI=1S/C38H74O2/c1-4-6-8-10-12-14-16-18-20-21-23-25-27-29-31-33-35-37(36(3)38(39)40)34-32-30-28-26-24-22-19-17-15-13-11-9-7-5-2/h4-35H2,1-3H3,(H,39,40)/b37-36-. The summed E-state index contributed by atoms with van der Waals surface area (Å²) < 4.78 is 0. The molecule has 0 aromatic heterocycles. The van der Waals surface area contributed by atoms with Gasteiger partial charge in [-0.15, -0.1) is 0 Å². The quantitative estimate of drug-likeness (QED) is 0.0638. The molecule has 40 heavy (non-hydrogen) atoms. The van der Waals surface area contributed by atoms with Crippen molar-refractivity contribution in [2.45, 2.75) is 226 Å². The molecule has 238 valence electrons. The number of carboxylic acids is 1. The molecule has 0 aromatic carbocycles. The topological polar surface area (TPSA) is 37.3 Å².